The molecule has 0 spiro atoms. The van der Waals surface area contributed by atoms with Crippen molar-refractivity contribution >= 4 is 22.4 Å². The first-order chi connectivity index (χ1) is 11.1. The maximum atomic E-state index is 12.3. The van der Waals surface area contributed by atoms with Crippen LogP contribution in [0.25, 0.3) is 10.9 Å². The Morgan fingerprint density at radius 2 is 1.87 bits per heavy atom. The predicted octanol–water partition coefficient (Wildman–Crippen LogP) is 2.39. The molecule has 0 saturated heterocycles. The summed E-state index contributed by atoms with van der Waals surface area (Å²) in [7, 11) is 0. The van der Waals surface area contributed by atoms with E-state index in [9.17, 15) is 9.59 Å². The van der Waals surface area contributed by atoms with Crippen LogP contribution in [0.5, 0.6) is 0 Å². The number of nitrogens with zero attached hydrogens (tertiary/aromatic N) is 2. The molecular formula is C18H17N3O2. The summed E-state index contributed by atoms with van der Waals surface area (Å²) >= 11 is 0. The van der Waals surface area contributed by atoms with E-state index in [-0.39, 0.29) is 24.4 Å². The molecule has 0 fully saturated rings. The second-order valence-corrected chi connectivity index (χ2v) is 5.45. The highest BCUT2D eigenvalue weighted by atomic mass is 16.1. The number of aromatic nitrogens is 2. The van der Waals surface area contributed by atoms with Crippen LogP contribution in [0.2, 0.25) is 0 Å². The summed E-state index contributed by atoms with van der Waals surface area (Å²) in [5.41, 5.74) is 2.49. The lowest BCUT2D eigenvalue weighted by Gasteiger charge is -2.08. The van der Waals surface area contributed by atoms with Gasteiger partial charge in [-0.25, -0.2) is 4.98 Å². The summed E-state index contributed by atoms with van der Waals surface area (Å²) in [6.07, 6.45) is 1.43. The van der Waals surface area contributed by atoms with Crippen molar-refractivity contribution in [3.63, 3.8) is 0 Å². The van der Waals surface area contributed by atoms with Gasteiger partial charge < -0.3 is 5.32 Å². The van der Waals surface area contributed by atoms with Crippen LogP contribution in [0.1, 0.15) is 5.56 Å². The average molecular weight is 307 g/mol. The number of carbonyl (C=O) groups excluding carboxylic acids is 1. The molecule has 5 heteroatoms. The van der Waals surface area contributed by atoms with Crippen LogP contribution in [0.3, 0.4) is 0 Å². The Bertz CT molecular complexity index is 898. The number of ketones is 1. The van der Waals surface area contributed by atoms with Crippen molar-refractivity contribution in [2.24, 2.45) is 0 Å². The number of hydrogen-bond acceptors (Lipinski definition) is 4. The molecule has 2 aromatic carbocycles. The number of hydrogen-bond donors (Lipinski definition) is 1. The highest BCUT2D eigenvalue weighted by molar-refractivity contribution is 5.83. The van der Waals surface area contributed by atoms with Gasteiger partial charge in [0.05, 0.1) is 30.3 Å². The summed E-state index contributed by atoms with van der Waals surface area (Å²) in [4.78, 5) is 28.6. The molecule has 5 nitrogen and oxygen atoms in total. The van der Waals surface area contributed by atoms with Crippen LogP contribution < -0.4 is 10.9 Å². The first-order valence-electron chi connectivity index (χ1n) is 7.40. The van der Waals surface area contributed by atoms with Gasteiger partial charge >= 0.3 is 0 Å². The highest BCUT2D eigenvalue weighted by Crippen LogP contribution is 2.08. The van der Waals surface area contributed by atoms with Crippen molar-refractivity contribution in [3.8, 4) is 0 Å². The van der Waals surface area contributed by atoms with E-state index in [0.717, 1.165) is 11.3 Å². The Balaban J connectivity index is 1.69. The number of rotatable bonds is 5. The molecule has 23 heavy (non-hydrogen) atoms. The third kappa shape index (κ3) is 3.45. The molecule has 1 heterocycles. The van der Waals surface area contributed by atoms with E-state index >= 15 is 0 Å². The van der Waals surface area contributed by atoms with E-state index in [2.05, 4.69) is 10.3 Å². The van der Waals surface area contributed by atoms with Gasteiger partial charge in [0, 0.05) is 5.69 Å². The summed E-state index contributed by atoms with van der Waals surface area (Å²) in [6, 6.07) is 14.9. The smallest absolute Gasteiger partial charge is 0.261 e. The number of para-hydroxylation sites is 1. The van der Waals surface area contributed by atoms with Gasteiger partial charge in [-0.2, -0.15) is 0 Å². The predicted molar refractivity (Wildman–Crippen MR) is 90.7 cm³/mol. The molecule has 0 radical (unpaired) electrons. The van der Waals surface area contributed by atoms with Crippen molar-refractivity contribution < 1.29 is 4.79 Å². The van der Waals surface area contributed by atoms with Crippen molar-refractivity contribution in [3.05, 3.63) is 70.8 Å². The fourth-order valence-corrected chi connectivity index (χ4v) is 2.34. The van der Waals surface area contributed by atoms with Gasteiger partial charge in [0.2, 0.25) is 0 Å². The molecule has 3 aromatic rings. The minimum absolute atomic E-state index is 0.00945. The minimum atomic E-state index is -0.195. The van der Waals surface area contributed by atoms with Crippen molar-refractivity contribution in [2.75, 3.05) is 11.9 Å². The topological polar surface area (TPSA) is 64.0 Å². The van der Waals surface area contributed by atoms with Crippen LogP contribution in [-0.2, 0) is 11.3 Å². The molecule has 0 aliphatic carbocycles. The lowest BCUT2D eigenvalue weighted by Crippen LogP contribution is -2.27. The third-order valence-corrected chi connectivity index (χ3v) is 3.62. The Morgan fingerprint density at radius 3 is 2.65 bits per heavy atom. The molecule has 0 saturated carbocycles. The number of Topliss-reactive ketones (excluding diaryl/α,β-unsaturated/α-hetero) is 1. The maximum Gasteiger partial charge on any atom is 0.261 e. The molecule has 0 atom stereocenters. The fraction of sp³-hybridized carbons (Fsp3) is 0.167. The third-order valence-electron chi connectivity index (χ3n) is 3.62. The number of carbonyl (C=O) groups is 1. The Morgan fingerprint density at radius 1 is 1.13 bits per heavy atom. The molecule has 0 aliphatic rings. The average Bonchev–Trinajstić information content (AvgIpc) is 2.57. The first-order valence-corrected chi connectivity index (χ1v) is 7.40. The van der Waals surface area contributed by atoms with Crippen LogP contribution in [-0.4, -0.2) is 21.9 Å². The summed E-state index contributed by atoms with van der Waals surface area (Å²) in [6.45, 7) is 2.19. The van der Waals surface area contributed by atoms with Crippen molar-refractivity contribution in [2.45, 2.75) is 13.5 Å². The number of nitrogens with one attached hydrogen (secondary N) is 1. The van der Waals surface area contributed by atoms with Gasteiger partial charge in [0.15, 0.2) is 5.78 Å². The number of aryl methyl sites for hydroxylation is 1. The molecule has 0 bridgehead atoms. The SMILES string of the molecule is Cc1ccc(NCC(=O)Cn2cnc3ccccc3c2=O)cc1. The van der Waals surface area contributed by atoms with E-state index in [1.807, 2.05) is 37.3 Å². The van der Waals surface area contributed by atoms with Gasteiger partial charge in [0.1, 0.15) is 0 Å². The molecule has 0 aliphatic heterocycles. The lowest BCUT2D eigenvalue weighted by atomic mass is 10.2. The van der Waals surface area contributed by atoms with E-state index < -0.39 is 0 Å². The minimum Gasteiger partial charge on any atom is -0.378 e. The highest BCUT2D eigenvalue weighted by Gasteiger charge is 2.08. The zero-order valence-corrected chi connectivity index (χ0v) is 12.8. The second-order valence-electron chi connectivity index (χ2n) is 5.45. The van der Waals surface area contributed by atoms with Gasteiger partial charge in [-0.1, -0.05) is 29.8 Å². The monoisotopic (exact) mass is 307 g/mol. The zero-order valence-electron chi connectivity index (χ0n) is 12.8. The van der Waals surface area contributed by atoms with Gasteiger partial charge in [-0.15, -0.1) is 0 Å². The maximum absolute atomic E-state index is 12.3. The number of benzene rings is 2. The largest absolute Gasteiger partial charge is 0.378 e. The molecule has 1 N–H and O–H groups in total. The van der Waals surface area contributed by atoms with E-state index in [4.69, 9.17) is 0 Å². The summed E-state index contributed by atoms with van der Waals surface area (Å²) < 4.78 is 1.35. The fourth-order valence-electron chi connectivity index (χ4n) is 2.34. The van der Waals surface area contributed by atoms with Crippen molar-refractivity contribution in [1.82, 2.24) is 9.55 Å². The second kappa shape index (κ2) is 6.44. The van der Waals surface area contributed by atoms with Crippen LogP contribution in [0.15, 0.2) is 59.7 Å². The molecule has 116 valence electrons. The summed E-state index contributed by atoms with van der Waals surface area (Å²) in [5, 5.41) is 3.59. The number of fused-ring (bicyclic) bond motifs is 1. The normalized spacial score (nSPS) is 10.7. The Kier molecular flexibility index (Phi) is 4.19. The van der Waals surface area contributed by atoms with Crippen molar-refractivity contribution in [1.29, 1.82) is 0 Å². The zero-order chi connectivity index (χ0) is 16.2. The van der Waals surface area contributed by atoms with E-state index in [1.165, 1.54) is 10.9 Å². The lowest BCUT2D eigenvalue weighted by molar-refractivity contribution is -0.118. The summed E-state index contributed by atoms with van der Waals surface area (Å²) in [5.74, 6) is -0.0789. The quantitative estimate of drug-likeness (QED) is 0.786. The van der Waals surface area contributed by atoms with Gasteiger partial charge in [-0.3, -0.25) is 14.2 Å². The van der Waals surface area contributed by atoms with Gasteiger partial charge in [-0.05, 0) is 31.2 Å². The standard InChI is InChI=1S/C18H17N3O2/c1-13-6-8-14(9-7-13)19-10-15(22)11-21-12-20-17-5-3-2-4-16(17)18(21)23/h2-9,12,19H,10-11H2,1H3. The van der Waals surface area contributed by atoms with Gasteiger partial charge in [0.25, 0.3) is 5.56 Å². The molecule has 1 aromatic heterocycles. The van der Waals surface area contributed by atoms with E-state index in [1.54, 1.807) is 18.2 Å². The molecule has 0 amide bonds. The van der Waals surface area contributed by atoms with Crippen LogP contribution in [0.4, 0.5) is 5.69 Å². The van der Waals surface area contributed by atoms with Crippen LogP contribution >= 0.6 is 0 Å². The Labute approximate surface area is 133 Å². The molecular weight excluding hydrogens is 290 g/mol. The molecule has 3 rings (SSSR count). The Hall–Kier alpha value is -2.95. The molecule has 0 unspecified atom stereocenters. The first kappa shape index (κ1) is 15.0. The number of anilines is 1. The van der Waals surface area contributed by atoms with E-state index in [0.29, 0.717) is 10.9 Å². The van der Waals surface area contributed by atoms with Crippen LogP contribution in [0, 0.1) is 6.92 Å².